The molecule has 166 valence electrons. The van der Waals surface area contributed by atoms with Gasteiger partial charge in [-0.2, -0.15) is 5.10 Å². The number of nitrogens with zero attached hydrogens (tertiary/aromatic N) is 4. The second-order valence-electron chi connectivity index (χ2n) is 7.15. The van der Waals surface area contributed by atoms with Crippen molar-refractivity contribution in [1.82, 2.24) is 19.6 Å². The summed E-state index contributed by atoms with van der Waals surface area (Å²) in [7, 11) is 0. The van der Waals surface area contributed by atoms with Gasteiger partial charge in [0.15, 0.2) is 0 Å². The van der Waals surface area contributed by atoms with Gasteiger partial charge in [-0.05, 0) is 48.9 Å². The molecule has 0 bridgehead atoms. The molecule has 0 aliphatic carbocycles. The fraction of sp³-hybridized carbons (Fsp3) is 0.240. The summed E-state index contributed by atoms with van der Waals surface area (Å²) >= 11 is 0. The first-order valence-corrected chi connectivity index (χ1v) is 10.4. The highest BCUT2D eigenvalue weighted by Crippen LogP contribution is 2.35. The van der Waals surface area contributed by atoms with E-state index in [0.717, 1.165) is 53.2 Å². The number of halogens is 1. The third-order valence-electron chi connectivity index (χ3n) is 4.93. The van der Waals surface area contributed by atoms with Crippen LogP contribution in [0.15, 0.2) is 67.4 Å². The predicted molar refractivity (Wildman–Crippen MR) is 130 cm³/mol. The van der Waals surface area contributed by atoms with Crippen LogP contribution in [0.2, 0.25) is 0 Å². The summed E-state index contributed by atoms with van der Waals surface area (Å²) in [5.41, 5.74) is 4.06. The quantitative estimate of drug-likeness (QED) is 0.249. The van der Waals surface area contributed by atoms with E-state index in [-0.39, 0.29) is 13.2 Å². The molecule has 0 atom stereocenters. The van der Waals surface area contributed by atoms with Crippen LogP contribution in [0.3, 0.4) is 0 Å². The van der Waals surface area contributed by atoms with E-state index < -0.39 is 0 Å². The average molecular weight is 433 g/mol. The number of rotatable bonds is 9. The molecule has 0 radical (unpaired) electrons. The van der Waals surface area contributed by atoms with Crippen LogP contribution < -0.4 is 10.6 Å². The first-order chi connectivity index (χ1) is 15.2. The molecule has 3 aromatic heterocycles. The lowest BCUT2D eigenvalue weighted by Crippen LogP contribution is -2.05. The number of nitrogens with one attached hydrogen (secondary N) is 2. The van der Waals surface area contributed by atoms with Crippen molar-refractivity contribution in [3.8, 4) is 22.5 Å². The monoisotopic (exact) mass is 432 g/mol. The summed E-state index contributed by atoms with van der Waals surface area (Å²) in [5.74, 6) is 1.13. The topological polar surface area (TPSA) is 67.1 Å². The first-order valence-electron chi connectivity index (χ1n) is 10.4. The number of hydrogen-bond donors (Lipinski definition) is 2. The summed E-state index contributed by atoms with van der Waals surface area (Å²) in [5, 5.41) is 11.5. The molecule has 0 aliphatic heterocycles. The van der Waals surface area contributed by atoms with Gasteiger partial charge in [-0.1, -0.05) is 32.9 Å². The van der Waals surface area contributed by atoms with E-state index in [4.69, 9.17) is 10.1 Å². The Bertz CT molecular complexity index is 1180. The van der Waals surface area contributed by atoms with Crippen LogP contribution in [0.25, 0.3) is 28.0 Å². The molecule has 0 saturated heterocycles. The van der Waals surface area contributed by atoms with Crippen LogP contribution in [0.5, 0.6) is 0 Å². The van der Waals surface area contributed by atoms with E-state index in [1.165, 1.54) is 12.1 Å². The number of unbranched alkanes of at least 4 members (excludes halogenated alkanes) is 1. The first kappa shape index (κ1) is 22.9. The summed E-state index contributed by atoms with van der Waals surface area (Å²) in [6.45, 7) is 7.34. The Hall–Kier alpha value is -3.74. The lowest BCUT2D eigenvalue weighted by atomic mass is 10.0. The SMILES string of the molecule is C.C=CCNc1cccc2c(-c3ccnc(NCCCC)n3)c(-c3ccc(F)cc3)nn12. The van der Waals surface area contributed by atoms with Crippen LogP contribution in [-0.4, -0.2) is 32.7 Å². The van der Waals surface area contributed by atoms with Gasteiger partial charge in [-0.15, -0.1) is 6.58 Å². The second kappa shape index (κ2) is 10.5. The van der Waals surface area contributed by atoms with Crippen molar-refractivity contribution in [3.05, 3.63) is 73.2 Å². The van der Waals surface area contributed by atoms with Gasteiger partial charge >= 0.3 is 0 Å². The molecule has 6 nitrogen and oxygen atoms in total. The van der Waals surface area contributed by atoms with E-state index in [9.17, 15) is 4.39 Å². The minimum absolute atomic E-state index is 0. The fourth-order valence-electron chi connectivity index (χ4n) is 3.40. The molecule has 4 rings (SSSR count). The molecule has 4 aromatic rings. The Kier molecular flexibility index (Phi) is 7.54. The number of fused-ring (bicyclic) bond motifs is 1. The van der Waals surface area contributed by atoms with E-state index in [2.05, 4.69) is 29.1 Å². The van der Waals surface area contributed by atoms with Crippen molar-refractivity contribution in [3.63, 3.8) is 0 Å². The van der Waals surface area contributed by atoms with Gasteiger partial charge in [0.2, 0.25) is 5.95 Å². The number of aromatic nitrogens is 4. The number of anilines is 2. The maximum Gasteiger partial charge on any atom is 0.223 e. The zero-order valence-corrected chi connectivity index (χ0v) is 17.5. The lowest BCUT2D eigenvalue weighted by Gasteiger charge is -2.08. The van der Waals surface area contributed by atoms with E-state index >= 15 is 0 Å². The average Bonchev–Trinajstić information content (AvgIpc) is 3.19. The largest absolute Gasteiger partial charge is 0.367 e. The highest BCUT2D eigenvalue weighted by Gasteiger charge is 2.19. The Morgan fingerprint density at radius 1 is 1.09 bits per heavy atom. The van der Waals surface area contributed by atoms with Crippen LogP contribution in [-0.2, 0) is 0 Å². The predicted octanol–water partition coefficient (Wildman–Crippen LogP) is 6.04. The Balaban J connectivity index is 0.00000289. The molecule has 0 fully saturated rings. The van der Waals surface area contributed by atoms with E-state index in [1.807, 2.05) is 28.8 Å². The molecule has 1 aromatic carbocycles. The van der Waals surface area contributed by atoms with E-state index in [1.54, 1.807) is 24.4 Å². The molecule has 32 heavy (non-hydrogen) atoms. The molecule has 0 saturated carbocycles. The molecular formula is C25H29FN6. The third kappa shape index (κ3) is 4.77. The van der Waals surface area contributed by atoms with Crippen LogP contribution >= 0.6 is 0 Å². The van der Waals surface area contributed by atoms with Gasteiger partial charge in [-0.25, -0.2) is 18.9 Å². The third-order valence-corrected chi connectivity index (χ3v) is 4.93. The minimum Gasteiger partial charge on any atom is -0.367 e. The lowest BCUT2D eigenvalue weighted by molar-refractivity contribution is 0.628. The standard InChI is InChI=1S/C24H25FN6.CH4/c1-3-5-15-27-24-28-16-13-19(29-24)22-20-7-6-8-21(26-14-4-2)31(20)30-23(22)17-9-11-18(25)12-10-17;/h4,6-13,16,26H,2-3,5,14-15H2,1H3,(H,27,28,29);1H4. The summed E-state index contributed by atoms with van der Waals surface area (Å²) < 4.78 is 15.4. The minimum atomic E-state index is -0.285. The van der Waals surface area contributed by atoms with Crippen LogP contribution in [0, 0.1) is 5.82 Å². The second-order valence-corrected chi connectivity index (χ2v) is 7.15. The number of pyridine rings is 1. The molecule has 2 N–H and O–H groups in total. The highest BCUT2D eigenvalue weighted by atomic mass is 19.1. The van der Waals surface area contributed by atoms with Crippen molar-refractivity contribution < 1.29 is 4.39 Å². The molecule has 0 amide bonds. The smallest absolute Gasteiger partial charge is 0.223 e. The highest BCUT2D eigenvalue weighted by molar-refractivity contribution is 5.91. The molecule has 0 spiro atoms. The van der Waals surface area contributed by atoms with Gasteiger partial charge in [-0.3, -0.25) is 0 Å². The van der Waals surface area contributed by atoms with Crippen molar-refractivity contribution in [2.45, 2.75) is 27.2 Å². The van der Waals surface area contributed by atoms with Gasteiger partial charge in [0.1, 0.15) is 17.3 Å². The zero-order valence-electron chi connectivity index (χ0n) is 17.5. The maximum absolute atomic E-state index is 13.6. The van der Waals surface area contributed by atoms with Gasteiger partial charge in [0.25, 0.3) is 0 Å². The Labute approximate surface area is 188 Å². The summed E-state index contributed by atoms with van der Waals surface area (Å²) in [4.78, 5) is 9.10. The van der Waals surface area contributed by atoms with Crippen molar-refractivity contribution in [1.29, 1.82) is 0 Å². The summed E-state index contributed by atoms with van der Waals surface area (Å²) in [6, 6.07) is 14.2. The van der Waals surface area contributed by atoms with E-state index in [0.29, 0.717) is 12.5 Å². The maximum atomic E-state index is 13.6. The van der Waals surface area contributed by atoms with Crippen molar-refractivity contribution >= 4 is 17.3 Å². The normalized spacial score (nSPS) is 10.6. The molecule has 0 unspecified atom stereocenters. The number of benzene rings is 1. The molecule has 7 heteroatoms. The van der Waals surface area contributed by atoms with Crippen molar-refractivity contribution in [2.24, 2.45) is 0 Å². The summed E-state index contributed by atoms with van der Waals surface area (Å²) in [6.07, 6.45) is 5.68. The molecular weight excluding hydrogens is 403 g/mol. The molecule has 0 aliphatic rings. The van der Waals surface area contributed by atoms with Gasteiger partial charge in [0, 0.05) is 24.8 Å². The number of hydrogen-bond acceptors (Lipinski definition) is 5. The Morgan fingerprint density at radius 3 is 2.66 bits per heavy atom. The van der Waals surface area contributed by atoms with Crippen molar-refractivity contribution in [2.75, 3.05) is 23.7 Å². The Morgan fingerprint density at radius 2 is 1.91 bits per heavy atom. The van der Waals surface area contributed by atoms with Crippen LogP contribution in [0.4, 0.5) is 16.2 Å². The fourth-order valence-corrected chi connectivity index (χ4v) is 3.40. The van der Waals surface area contributed by atoms with Gasteiger partial charge < -0.3 is 10.6 Å². The van der Waals surface area contributed by atoms with Crippen LogP contribution in [0.1, 0.15) is 27.2 Å². The molecule has 3 heterocycles. The van der Waals surface area contributed by atoms with Gasteiger partial charge in [0.05, 0.1) is 16.8 Å². The zero-order chi connectivity index (χ0) is 21.6.